The van der Waals surface area contributed by atoms with Crippen LogP contribution in [-0.2, 0) is 6.54 Å². The first kappa shape index (κ1) is 18.0. The van der Waals surface area contributed by atoms with Gasteiger partial charge < -0.3 is 5.73 Å². The quantitative estimate of drug-likeness (QED) is 0.715. The van der Waals surface area contributed by atoms with Crippen LogP contribution in [0.25, 0.3) is 10.2 Å². The summed E-state index contributed by atoms with van der Waals surface area (Å²) in [6, 6.07) is 5.48. The third-order valence-corrected chi connectivity index (χ3v) is 5.80. The van der Waals surface area contributed by atoms with Crippen LogP contribution in [0.2, 0.25) is 0 Å². The third kappa shape index (κ3) is 2.94. The molecule has 134 valence electrons. The predicted octanol–water partition coefficient (Wildman–Crippen LogP) is 2.67. The number of amides is 1. The standard InChI is InChI=1S/C19H19N3O3S/c1-9-5-6-13(7-10(9)2)14(23)8-22-12(4)21-18-15(19(22)25)11(3)16(26-18)17(20)24/h5-7H,8H2,1-4H3,(H2,20,24). The summed E-state index contributed by atoms with van der Waals surface area (Å²) in [6.07, 6.45) is 0. The molecule has 7 heteroatoms. The number of nitrogens with two attached hydrogens (primary N) is 1. The van der Waals surface area contributed by atoms with Gasteiger partial charge in [0, 0.05) is 5.56 Å². The van der Waals surface area contributed by atoms with Gasteiger partial charge in [-0.05, 0) is 50.5 Å². The van der Waals surface area contributed by atoms with Crippen molar-refractivity contribution in [1.29, 1.82) is 0 Å². The Morgan fingerprint density at radius 2 is 1.85 bits per heavy atom. The number of fused-ring (bicyclic) bond motifs is 1. The lowest BCUT2D eigenvalue weighted by molar-refractivity contribution is 0.0967. The van der Waals surface area contributed by atoms with Crippen molar-refractivity contribution in [2.45, 2.75) is 34.2 Å². The molecule has 0 aliphatic rings. The molecule has 2 N–H and O–H groups in total. The van der Waals surface area contributed by atoms with E-state index in [4.69, 9.17) is 5.73 Å². The number of thiophene rings is 1. The normalized spacial score (nSPS) is 11.1. The van der Waals surface area contributed by atoms with Gasteiger partial charge in [0.1, 0.15) is 10.7 Å². The summed E-state index contributed by atoms with van der Waals surface area (Å²) in [4.78, 5) is 42.3. The number of ketones is 1. The summed E-state index contributed by atoms with van der Waals surface area (Å²) < 4.78 is 1.35. The maximum atomic E-state index is 12.9. The van der Waals surface area contributed by atoms with Crippen molar-refractivity contribution >= 4 is 33.2 Å². The van der Waals surface area contributed by atoms with Crippen LogP contribution < -0.4 is 11.3 Å². The Labute approximate surface area is 154 Å². The summed E-state index contributed by atoms with van der Waals surface area (Å²) in [5.74, 6) is -0.320. The molecule has 0 aliphatic heterocycles. The molecule has 0 saturated carbocycles. The molecule has 0 saturated heterocycles. The number of nitrogens with zero attached hydrogens (tertiary/aromatic N) is 2. The van der Waals surface area contributed by atoms with Crippen molar-refractivity contribution in [2.24, 2.45) is 5.73 Å². The second kappa shape index (κ2) is 6.49. The van der Waals surface area contributed by atoms with Gasteiger partial charge in [0.05, 0.1) is 16.8 Å². The van der Waals surface area contributed by atoms with E-state index in [0.29, 0.717) is 32.0 Å². The minimum Gasteiger partial charge on any atom is -0.365 e. The van der Waals surface area contributed by atoms with Crippen LogP contribution in [0.5, 0.6) is 0 Å². The highest BCUT2D eigenvalue weighted by Crippen LogP contribution is 2.26. The van der Waals surface area contributed by atoms with Gasteiger partial charge in [0.2, 0.25) is 0 Å². The van der Waals surface area contributed by atoms with Gasteiger partial charge in [-0.25, -0.2) is 4.98 Å². The van der Waals surface area contributed by atoms with Gasteiger partial charge in [0.15, 0.2) is 5.78 Å². The lowest BCUT2D eigenvalue weighted by Gasteiger charge is -2.10. The largest absolute Gasteiger partial charge is 0.365 e. The Morgan fingerprint density at radius 1 is 1.15 bits per heavy atom. The van der Waals surface area contributed by atoms with E-state index >= 15 is 0 Å². The summed E-state index contributed by atoms with van der Waals surface area (Å²) in [5, 5.41) is 0.349. The van der Waals surface area contributed by atoms with E-state index < -0.39 is 5.91 Å². The molecular weight excluding hydrogens is 350 g/mol. The van der Waals surface area contributed by atoms with Crippen molar-refractivity contribution in [3.63, 3.8) is 0 Å². The maximum Gasteiger partial charge on any atom is 0.262 e. The highest BCUT2D eigenvalue weighted by atomic mass is 32.1. The van der Waals surface area contributed by atoms with Gasteiger partial charge in [0.25, 0.3) is 11.5 Å². The number of hydrogen-bond donors (Lipinski definition) is 1. The maximum absolute atomic E-state index is 12.9. The number of aromatic nitrogens is 2. The molecule has 0 bridgehead atoms. The summed E-state index contributed by atoms with van der Waals surface area (Å²) in [7, 11) is 0. The molecule has 1 amide bonds. The molecule has 1 aromatic carbocycles. The van der Waals surface area contributed by atoms with Crippen LogP contribution in [0.15, 0.2) is 23.0 Å². The van der Waals surface area contributed by atoms with Crippen LogP contribution >= 0.6 is 11.3 Å². The first-order valence-electron chi connectivity index (χ1n) is 8.11. The van der Waals surface area contributed by atoms with Crippen LogP contribution in [-0.4, -0.2) is 21.2 Å². The first-order chi connectivity index (χ1) is 12.2. The monoisotopic (exact) mass is 369 g/mol. The zero-order valence-electron chi connectivity index (χ0n) is 15.0. The number of carbonyl (C=O) groups excluding carboxylic acids is 2. The van der Waals surface area contributed by atoms with Crippen molar-refractivity contribution in [1.82, 2.24) is 9.55 Å². The number of Topliss-reactive ketones (excluding diaryl/α,β-unsaturated/α-hetero) is 1. The highest BCUT2D eigenvalue weighted by molar-refractivity contribution is 7.20. The topological polar surface area (TPSA) is 95.0 Å². The average Bonchev–Trinajstić information content (AvgIpc) is 2.90. The Balaban J connectivity index is 2.09. The Morgan fingerprint density at radius 3 is 2.46 bits per heavy atom. The van der Waals surface area contributed by atoms with E-state index in [1.807, 2.05) is 26.0 Å². The molecule has 0 aliphatic carbocycles. The molecular formula is C19H19N3O3S. The molecule has 26 heavy (non-hydrogen) atoms. The minimum absolute atomic E-state index is 0.0999. The molecule has 6 nitrogen and oxygen atoms in total. The van der Waals surface area contributed by atoms with Gasteiger partial charge in [-0.15, -0.1) is 11.3 Å². The fraction of sp³-hybridized carbons (Fsp3) is 0.263. The van der Waals surface area contributed by atoms with Crippen molar-refractivity contribution in [3.8, 4) is 0 Å². The van der Waals surface area contributed by atoms with E-state index in [2.05, 4.69) is 4.98 Å². The van der Waals surface area contributed by atoms with Gasteiger partial charge in [-0.1, -0.05) is 12.1 Å². The van der Waals surface area contributed by atoms with Gasteiger partial charge in [-0.2, -0.15) is 0 Å². The molecule has 2 heterocycles. The van der Waals surface area contributed by atoms with E-state index in [0.717, 1.165) is 22.5 Å². The lowest BCUT2D eigenvalue weighted by Crippen LogP contribution is -2.27. The molecule has 0 unspecified atom stereocenters. The Bertz CT molecular complexity index is 1130. The molecule has 2 aromatic heterocycles. The number of aryl methyl sites for hydroxylation is 4. The molecule has 0 atom stereocenters. The summed E-state index contributed by atoms with van der Waals surface area (Å²) >= 11 is 1.10. The molecule has 0 spiro atoms. The predicted molar refractivity (Wildman–Crippen MR) is 102 cm³/mol. The third-order valence-electron chi connectivity index (χ3n) is 4.60. The number of rotatable bonds is 4. The average molecular weight is 369 g/mol. The zero-order chi connectivity index (χ0) is 19.2. The molecule has 3 rings (SSSR count). The van der Waals surface area contributed by atoms with E-state index in [1.54, 1.807) is 19.9 Å². The fourth-order valence-electron chi connectivity index (χ4n) is 2.89. The molecule has 3 aromatic rings. The summed E-state index contributed by atoms with van der Waals surface area (Å²) in [6.45, 7) is 7.17. The summed E-state index contributed by atoms with van der Waals surface area (Å²) in [5.41, 5.74) is 8.24. The van der Waals surface area contributed by atoms with E-state index in [1.165, 1.54) is 4.57 Å². The highest BCUT2D eigenvalue weighted by Gasteiger charge is 2.20. The van der Waals surface area contributed by atoms with Crippen molar-refractivity contribution < 1.29 is 9.59 Å². The van der Waals surface area contributed by atoms with Crippen LogP contribution in [0.1, 0.15) is 42.5 Å². The van der Waals surface area contributed by atoms with Gasteiger partial charge >= 0.3 is 0 Å². The molecule has 0 fully saturated rings. The van der Waals surface area contributed by atoms with Crippen LogP contribution in [0.3, 0.4) is 0 Å². The van der Waals surface area contributed by atoms with Crippen LogP contribution in [0, 0.1) is 27.7 Å². The second-order valence-electron chi connectivity index (χ2n) is 6.37. The van der Waals surface area contributed by atoms with Crippen molar-refractivity contribution in [3.05, 3.63) is 61.5 Å². The fourth-order valence-corrected chi connectivity index (χ4v) is 3.96. The lowest BCUT2D eigenvalue weighted by atomic mass is 10.0. The zero-order valence-corrected chi connectivity index (χ0v) is 15.9. The number of benzene rings is 1. The first-order valence-corrected chi connectivity index (χ1v) is 8.93. The SMILES string of the molecule is Cc1ccc(C(=O)Cn2c(C)nc3sc(C(N)=O)c(C)c3c2=O)cc1C. The number of carbonyl (C=O) groups is 2. The minimum atomic E-state index is -0.583. The second-order valence-corrected chi connectivity index (χ2v) is 7.37. The van der Waals surface area contributed by atoms with E-state index in [-0.39, 0.29) is 17.9 Å². The Hall–Kier alpha value is -2.80. The number of primary amides is 1. The Kier molecular flexibility index (Phi) is 4.50. The van der Waals surface area contributed by atoms with Crippen molar-refractivity contribution in [2.75, 3.05) is 0 Å². The van der Waals surface area contributed by atoms with Crippen LogP contribution in [0.4, 0.5) is 0 Å². The smallest absolute Gasteiger partial charge is 0.262 e. The van der Waals surface area contributed by atoms with E-state index in [9.17, 15) is 14.4 Å². The van der Waals surface area contributed by atoms with Gasteiger partial charge in [-0.3, -0.25) is 19.0 Å². The molecule has 0 radical (unpaired) electrons. The number of hydrogen-bond acceptors (Lipinski definition) is 5.